The summed E-state index contributed by atoms with van der Waals surface area (Å²) < 4.78 is 5.68. The molecule has 2 unspecified atom stereocenters. The summed E-state index contributed by atoms with van der Waals surface area (Å²) in [5, 5.41) is 6.39. The molecule has 2 atom stereocenters. The van der Waals surface area contributed by atoms with Gasteiger partial charge in [0, 0.05) is 26.2 Å². The van der Waals surface area contributed by atoms with E-state index in [2.05, 4.69) is 29.4 Å². The van der Waals surface area contributed by atoms with Crippen LogP contribution in [0.1, 0.15) is 39.5 Å². The fourth-order valence-electron chi connectivity index (χ4n) is 3.31. The average Bonchev–Trinajstić information content (AvgIpc) is 3.04. The Morgan fingerprint density at radius 1 is 1.36 bits per heavy atom. The Labute approximate surface area is 135 Å². The minimum absolute atomic E-state index is 0.0455. The van der Waals surface area contributed by atoms with Crippen LogP contribution in [0.5, 0.6) is 0 Å². The van der Waals surface area contributed by atoms with E-state index in [4.69, 9.17) is 4.74 Å². The maximum Gasteiger partial charge on any atom is 0.237 e. The Balaban J connectivity index is 1.59. The smallest absolute Gasteiger partial charge is 0.237 e. The van der Waals surface area contributed by atoms with Gasteiger partial charge in [-0.25, -0.2) is 0 Å². The van der Waals surface area contributed by atoms with Crippen LogP contribution in [0.3, 0.4) is 0 Å². The van der Waals surface area contributed by atoms with Crippen molar-refractivity contribution in [2.24, 2.45) is 11.8 Å². The lowest BCUT2D eigenvalue weighted by atomic mass is 9.98. The predicted octanol–water partition coefficient (Wildman–Crippen LogP) is 1.24. The number of hydrogen-bond donors (Lipinski definition) is 2. The van der Waals surface area contributed by atoms with E-state index in [1.807, 2.05) is 0 Å². The zero-order valence-corrected chi connectivity index (χ0v) is 14.3. The molecule has 1 amide bonds. The fraction of sp³-hybridized carbons (Fsp3) is 0.941. The number of hydrogen-bond acceptors (Lipinski definition) is 4. The van der Waals surface area contributed by atoms with Crippen molar-refractivity contribution in [1.29, 1.82) is 0 Å². The van der Waals surface area contributed by atoms with E-state index in [0.29, 0.717) is 11.8 Å². The molecule has 0 aliphatic carbocycles. The number of nitrogens with one attached hydrogen (secondary N) is 2. The van der Waals surface area contributed by atoms with Gasteiger partial charge in [-0.2, -0.15) is 0 Å². The monoisotopic (exact) mass is 311 g/mol. The number of amides is 1. The van der Waals surface area contributed by atoms with Crippen LogP contribution in [-0.2, 0) is 9.53 Å². The van der Waals surface area contributed by atoms with Gasteiger partial charge in [-0.3, -0.25) is 4.79 Å². The standard InChI is InChI=1S/C17H33N3O2/c1-14(2)13-22-10-9-20-8-4-5-15(12-20)11-19-17(21)16-6-3-7-18-16/h14-16,18H,3-13H2,1-2H3,(H,19,21). The van der Waals surface area contributed by atoms with Crippen LogP contribution >= 0.6 is 0 Å². The van der Waals surface area contributed by atoms with Crippen molar-refractivity contribution in [3.8, 4) is 0 Å². The minimum Gasteiger partial charge on any atom is -0.380 e. The maximum atomic E-state index is 12.0. The molecule has 2 saturated heterocycles. The summed E-state index contributed by atoms with van der Waals surface area (Å²) in [5.41, 5.74) is 0. The number of nitrogens with zero attached hydrogens (tertiary/aromatic N) is 1. The van der Waals surface area contributed by atoms with E-state index >= 15 is 0 Å². The molecule has 2 aliphatic heterocycles. The van der Waals surface area contributed by atoms with Crippen LogP contribution < -0.4 is 10.6 Å². The van der Waals surface area contributed by atoms with E-state index in [9.17, 15) is 4.79 Å². The van der Waals surface area contributed by atoms with Crippen molar-refractivity contribution in [2.75, 3.05) is 45.9 Å². The summed E-state index contributed by atoms with van der Waals surface area (Å²) in [4.78, 5) is 14.5. The van der Waals surface area contributed by atoms with Crippen molar-refractivity contribution in [3.05, 3.63) is 0 Å². The van der Waals surface area contributed by atoms with E-state index < -0.39 is 0 Å². The fourth-order valence-corrected chi connectivity index (χ4v) is 3.31. The normalized spacial score (nSPS) is 26.5. The Morgan fingerprint density at radius 2 is 2.23 bits per heavy atom. The molecule has 2 rings (SSSR count). The van der Waals surface area contributed by atoms with Gasteiger partial charge in [0.25, 0.3) is 0 Å². The van der Waals surface area contributed by atoms with Gasteiger partial charge in [0.1, 0.15) is 0 Å². The Bertz CT molecular complexity index is 330. The maximum absolute atomic E-state index is 12.0. The quantitative estimate of drug-likeness (QED) is 0.662. The topological polar surface area (TPSA) is 53.6 Å². The lowest BCUT2D eigenvalue weighted by Crippen LogP contribution is -2.46. The molecule has 0 aromatic rings. The number of rotatable bonds is 8. The van der Waals surface area contributed by atoms with Crippen molar-refractivity contribution in [2.45, 2.75) is 45.6 Å². The molecule has 0 bridgehead atoms. The molecule has 5 nitrogen and oxygen atoms in total. The summed E-state index contributed by atoms with van der Waals surface area (Å²) in [7, 11) is 0. The van der Waals surface area contributed by atoms with Crippen LogP contribution in [0, 0.1) is 11.8 Å². The van der Waals surface area contributed by atoms with Gasteiger partial charge in [-0.05, 0) is 50.6 Å². The molecule has 2 fully saturated rings. The Morgan fingerprint density at radius 3 is 2.95 bits per heavy atom. The van der Waals surface area contributed by atoms with Crippen LogP contribution in [0.4, 0.5) is 0 Å². The van der Waals surface area contributed by atoms with Crippen molar-refractivity contribution < 1.29 is 9.53 Å². The molecule has 2 aliphatic rings. The summed E-state index contributed by atoms with van der Waals surface area (Å²) in [6, 6.07) is 0.0455. The number of carbonyl (C=O) groups excluding carboxylic acids is 1. The van der Waals surface area contributed by atoms with Gasteiger partial charge < -0.3 is 20.3 Å². The number of likely N-dealkylation sites (tertiary alicyclic amines) is 1. The first kappa shape index (κ1) is 17.7. The van der Waals surface area contributed by atoms with Crippen LogP contribution in [-0.4, -0.2) is 62.8 Å². The average molecular weight is 311 g/mol. The second kappa shape index (κ2) is 9.48. The molecular weight excluding hydrogens is 278 g/mol. The van der Waals surface area contributed by atoms with Crippen LogP contribution in [0.25, 0.3) is 0 Å². The van der Waals surface area contributed by atoms with Crippen LogP contribution in [0.2, 0.25) is 0 Å². The van der Waals surface area contributed by atoms with E-state index in [0.717, 1.165) is 52.2 Å². The van der Waals surface area contributed by atoms with E-state index in [1.54, 1.807) is 0 Å². The molecule has 0 aromatic heterocycles. The van der Waals surface area contributed by atoms with Gasteiger partial charge >= 0.3 is 0 Å². The molecule has 0 saturated carbocycles. The van der Waals surface area contributed by atoms with E-state index in [1.165, 1.54) is 19.4 Å². The third-order valence-corrected chi connectivity index (χ3v) is 4.55. The van der Waals surface area contributed by atoms with Gasteiger partial charge in [0.15, 0.2) is 0 Å². The third kappa shape index (κ3) is 6.23. The van der Waals surface area contributed by atoms with Crippen molar-refractivity contribution in [3.63, 3.8) is 0 Å². The Hall–Kier alpha value is -0.650. The summed E-state index contributed by atoms with van der Waals surface area (Å²) in [6.45, 7) is 11.1. The first-order valence-corrected chi connectivity index (χ1v) is 8.96. The highest BCUT2D eigenvalue weighted by Gasteiger charge is 2.24. The summed E-state index contributed by atoms with van der Waals surface area (Å²) >= 11 is 0. The molecule has 22 heavy (non-hydrogen) atoms. The minimum atomic E-state index is 0.0455. The zero-order valence-electron chi connectivity index (χ0n) is 14.3. The molecule has 0 spiro atoms. The van der Waals surface area contributed by atoms with Gasteiger partial charge in [-0.1, -0.05) is 13.8 Å². The zero-order chi connectivity index (χ0) is 15.8. The number of ether oxygens (including phenoxy) is 1. The molecule has 128 valence electrons. The molecule has 2 heterocycles. The lowest BCUT2D eigenvalue weighted by molar-refractivity contribution is -0.123. The first-order valence-electron chi connectivity index (χ1n) is 8.96. The van der Waals surface area contributed by atoms with Crippen LogP contribution in [0.15, 0.2) is 0 Å². The first-order chi connectivity index (χ1) is 10.6. The predicted molar refractivity (Wildman–Crippen MR) is 88.9 cm³/mol. The molecule has 0 aromatic carbocycles. The lowest BCUT2D eigenvalue weighted by Gasteiger charge is -2.33. The molecule has 5 heteroatoms. The third-order valence-electron chi connectivity index (χ3n) is 4.55. The molecule has 2 N–H and O–H groups in total. The Kier molecular flexibility index (Phi) is 7.63. The number of carbonyl (C=O) groups is 1. The van der Waals surface area contributed by atoms with E-state index in [-0.39, 0.29) is 11.9 Å². The highest BCUT2D eigenvalue weighted by molar-refractivity contribution is 5.81. The van der Waals surface area contributed by atoms with Gasteiger partial charge in [0.2, 0.25) is 5.91 Å². The summed E-state index contributed by atoms with van der Waals surface area (Å²) in [6.07, 6.45) is 4.55. The highest BCUT2D eigenvalue weighted by atomic mass is 16.5. The van der Waals surface area contributed by atoms with Gasteiger partial charge in [0.05, 0.1) is 12.6 Å². The summed E-state index contributed by atoms with van der Waals surface area (Å²) in [5.74, 6) is 1.38. The highest BCUT2D eigenvalue weighted by Crippen LogP contribution is 2.15. The van der Waals surface area contributed by atoms with Crippen molar-refractivity contribution >= 4 is 5.91 Å². The molecular formula is C17H33N3O2. The number of piperidine rings is 1. The molecule has 0 radical (unpaired) electrons. The SMILES string of the molecule is CC(C)COCCN1CCCC(CNC(=O)C2CCCN2)C1. The van der Waals surface area contributed by atoms with Gasteiger partial charge in [-0.15, -0.1) is 0 Å². The second-order valence-electron chi connectivity index (χ2n) is 7.17. The largest absolute Gasteiger partial charge is 0.380 e. The second-order valence-corrected chi connectivity index (χ2v) is 7.17. The van der Waals surface area contributed by atoms with Crippen molar-refractivity contribution in [1.82, 2.24) is 15.5 Å².